The van der Waals surface area contributed by atoms with Crippen LogP contribution in [0.2, 0.25) is 0 Å². The molecule has 2 unspecified atom stereocenters. The fraction of sp³-hybridized carbons (Fsp3) is 0.681. The summed E-state index contributed by atoms with van der Waals surface area (Å²) in [5.74, 6) is -1.82. The first-order chi connectivity index (χ1) is 26.6. The van der Waals surface area contributed by atoms with E-state index in [0.717, 1.165) is 77.0 Å². The van der Waals surface area contributed by atoms with Gasteiger partial charge in [0.1, 0.15) is 12.6 Å². The van der Waals surface area contributed by atoms with Crippen LogP contribution in [-0.4, -0.2) is 75.5 Å². The Labute approximate surface area is 336 Å². The van der Waals surface area contributed by atoms with Gasteiger partial charge in [0.15, 0.2) is 6.10 Å². The third-order valence-electron chi connectivity index (χ3n) is 9.07. The van der Waals surface area contributed by atoms with Gasteiger partial charge >= 0.3 is 11.9 Å². The molecule has 2 atom stereocenters. The maximum absolute atomic E-state index is 12.6. The van der Waals surface area contributed by atoms with Crippen molar-refractivity contribution >= 4 is 17.9 Å². The van der Waals surface area contributed by atoms with Gasteiger partial charge < -0.3 is 28.6 Å². The quantitative estimate of drug-likeness (QED) is 0.0268. The molecule has 0 radical (unpaired) electrons. The highest BCUT2D eigenvalue weighted by atomic mass is 16.6. The van der Waals surface area contributed by atoms with Crippen LogP contribution in [0.5, 0.6) is 0 Å². The van der Waals surface area contributed by atoms with Crippen molar-refractivity contribution in [2.45, 2.75) is 167 Å². The maximum Gasteiger partial charge on any atom is 0.306 e. The highest BCUT2D eigenvalue weighted by molar-refractivity contribution is 5.70. The van der Waals surface area contributed by atoms with Crippen molar-refractivity contribution in [3.63, 3.8) is 0 Å². The number of esters is 2. The Morgan fingerprint density at radius 1 is 0.545 bits per heavy atom. The number of likely N-dealkylation sites (N-methyl/N-ethyl adjacent to an activating group) is 1. The van der Waals surface area contributed by atoms with Gasteiger partial charge in [0.25, 0.3) is 0 Å². The van der Waals surface area contributed by atoms with Crippen LogP contribution in [0.25, 0.3) is 0 Å². The number of carboxylic acids is 1. The number of unbranched alkanes of at least 4 members (excludes halogenated alkanes) is 11. The zero-order chi connectivity index (χ0) is 40.7. The Morgan fingerprint density at radius 2 is 0.982 bits per heavy atom. The van der Waals surface area contributed by atoms with Crippen LogP contribution in [0.1, 0.15) is 155 Å². The molecule has 8 nitrogen and oxygen atoms in total. The topological polar surface area (TPSA) is 102 Å². The maximum atomic E-state index is 12.6. The average Bonchev–Trinajstić information content (AvgIpc) is 3.14. The van der Waals surface area contributed by atoms with Gasteiger partial charge in [0, 0.05) is 19.3 Å². The molecule has 0 aliphatic rings. The molecule has 0 fully saturated rings. The number of hydrogen-bond donors (Lipinski definition) is 0. The monoisotopic (exact) mass is 770 g/mol. The summed E-state index contributed by atoms with van der Waals surface area (Å²) in [7, 11) is 5.37. The second-order valence-corrected chi connectivity index (χ2v) is 15.2. The van der Waals surface area contributed by atoms with Gasteiger partial charge in [-0.3, -0.25) is 9.59 Å². The number of hydrogen-bond acceptors (Lipinski definition) is 7. The van der Waals surface area contributed by atoms with Crippen LogP contribution < -0.4 is 5.11 Å². The smallest absolute Gasteiger partial charge is 0.306 e. The number of ether oxygens (including phenoxy) is 3. The van der Waals surface area contributed by atoms with Crippen molar-refractivity contribution in [3.05, 3.63) is 72.9 Å². The average molecular weight is 770 g/mol. The Hall–Kier alpha value is -3.23. The number of rotatable bonds is 37. The highest BCUT2D eigenvalue weighted by Gasteiger charge is 2.25. The molecule has 0 bridgehead atoms. The lowest BCUT2D eigenvalue weighted by atomic mass is 10.1. The largest absolute Gasteiger partial charge is 0.544 e. The lowest BCUT2D eigenvalue weighted by Crippen LogP contribution is -2.55. The molecule has 0 aromatic rings. The molecule has 0 N–H and O–H groups in total. The lowest BCUT2D eigenvalue weighted by Gasteiger charge is -2.34. The second kappa shape index (κ2) is 37.7. The number of allylic oxidation sites excluding steroid dienone is 12. The van der Waals surface area contributed by atoms with Crippen LogP contribution in [0, 0.1) is 0 Å². The SMILES string of the molecule is CCCC/C=C/CCCCCCC(=O)OC(COCCC(C(=O)[O-])[N+](C)(C)C)COC(=O)CCCC/C=C/C/C=C/C/C=C/C/C=C/C/C=C/CCCCC. The van der Waals surface area contributed by atoms with E-state index in [1.165, 1.54) is 38.5 Å². The fourth-order valence-electron chi connectivity index (χ4n) is 5.66. The van der Waals surface area contributed by atoms with Gasteiger partial charge in [-0.25, -0.2) is 0 Å². The second-order valence-electron chi connectivity index (χ2n) is 15.2. The van der Waals surface area contributed by atoms with E-state index >= 15 is 0 Å². The fourth-order valence-corrected chi connectivity index (χ4v) is 5.66. The minimum Gasteiger partial charge on any atom is -0.544 e. The lowest BCUT2D eigenvalue weighted by molar-refractivity contribution is -0.889. The van der Waals surface area contributed by atoms with E-state index in [1.54, 1.807) is 21.1 Å². The van der Waals surface area contributed by atoms with Crippen LogP contribution in [0.4, 0.5) is 0 Å². The summed E-state index contributed by atoms with van der Waals surface area (Å²) in [6, 6.07) is -0.736. The minimum absolute atomic E-state index is 0.0184. The summed E-state index contributed by atoms with van der Waals surface area (Å²) in [6.07, 6.45) is 46.5. The molecule has 0 aromatic heterocycles. The van der Waals surface area contributed by atoms with Gasteiger partial charge in [0.05, 0.1) is 40.3 Å². The Morgan fingerprint density at radius 3 is 1.51 bits per heavy atom. The molecule has 0 spiro atoms. The third kappa shape index (κ3) is 36.2. The predicted molar refractivity (Wildman–Crippen MR) is 226 cm³/mol. The molecule has 0 aliphatic carbocycles. The van der Waals surface area contributed by atoms with E-state index in [2.05, 4.69) is 86.8 Å². The minimum atomic E-state index is -1.14. The molecule has 0 heterocycles. The third-order valence-corrected chi connectivity index (χ3v) is 9.07. The normalized spacial score (nSPS) is 13.7. The van der Waals surface area contributed by atoms with Crippen LogP contribution in [0.15, 0.2) is 72.9 Å². The molecule has 314 valence electrons. The number of carbonyl (C=O) groups excluding carboxylic acids is 3. The molecule has 0 aromatic carbocycles. The number of carboxylic acid groups (broad SMARTS) is 1. The van der Waals surface area contributed by atoms with Gasteiger partial charge in [-0.2, -0.15) is 0 Å². The van der Waals surface area contributed by atoms with Crippen molar-refractivity contribution in [2.75, 3.05) is 41.0 Å². The number of nitrogens with zero attached hydrogens (tertiary/aromatic N) is 1. The molecule has 55 heavy (non-hydrogen) atoms. The zero-order valence-corrected chi connectivity index (χ0v) is 35.6. The Balaban J connectivity index is 4.41. The summed E-state index contributed by atoms with van der Waals surface area (Å²) < 4.78 is 17.1. The predicted octanol–water partition coefficient (Wildman–Crippen LogP) is 10.2. The van der Waals surface area contributed by atoms with E-state index in [9.17, 15) is 19.5 Å². The van der Waals surface area contributed by atoms with Gasteiger partial charge in [-0.1, -0.05) is 125 Å². The van der Waals surface area contributed by atoms with Crippen LogP contribution in [0.3, 0.4) is 0 Å². The molecule has 0 saturated carbocycles. The first kappa shape index (κ1) is 51.8. The van der Waals surface area contributed by atoms with Crippen molar-refractivity contribution in [1.29, 1.82) is 0 Å². The summed E-state index contributed by atoms with van der Waals surface area (Å²) in [6.45, 7) is 4.51. The summed E-state index contributed by atoms with van der Waals surface area (Å²) in [5, 5.41) is 11.6. The summed E-state index contributed by atoms with van der Waals surface area (Å²) in [4.78, 5) is 36.7. The molecule has 0 saturated heterocycles. The first-order valence-electron chi connectivity index (χ1n) is 21.5. The number of aliphatic carboxylic acids is 1. The molecule has 8 heteroatoms. The van der Waals surface area contributed by atoms with E-state index in [4.69, 9.17) is 14.2 Å². The van der Waals surface area contributed by atoms with Gasteiger partial charge in [-0.05, 0) is 83.5 Å². The molecular formula is C47H79NO7. The van der Waals surface area contributed by atoms with Crippen molar-refractivity contribution < 1.29 is 38.2 Å². The first-order valence-corrected chi connectivity index (χ1v) is 21.5. The van der Waals surface area contributed by atoms with Crippen molar-refractivity contribution in [1.82, 2.24) is 0 Å². The molecule has 0 aliphatic heterocycles. The van der Waals surface area contributed by atoms with Crippen molar-refractivity contribution in [2.24, 2.45) is 0 Å². The van der Waals surface area contributed by atoms with Crippen LogP contribution in [-0.2, 0) is 28.6 Å². The van der Waals surface area contributed by atoms with E-state index < -0.39 is 18.1 Å². The van der Waals surface area contributed by atoms with E-state index in [-0.39, 0.29) is 49.1 Å². The van der Waals surface area contributed by atoms with Gasteiger partial charge in [-0.15, -0.1) is 0 Å². The number of quaternary nitrogens is 1. The molecule has 0 rings (SSSR count). The zero-order valence-electron chi connectivity index (χ0n) is 35.6. The Kier molecular flexibility index (Phi) is 35.5. The van der Waals surface area contributed by atoms with E-state index in [0.29, 0.717) is 12.8 Å². The standard InChI is InChI=1S/C47H79NO7/c1-6-8-10-12-14-16-18-19-20-21-22-23-24-25-26-27-28-30-31-33-35-37-45(49)54-42-43(41-53-40-39-44(47(51)52)48(3,4)5)55-46(50)38-36-34-32-29-17-15-13-11-9-7-2/h13-16,19-20,22-23,25-26,28,30,43-44H,6-12,17-18,21,24,27,29,31-42H2,1-5H3/b15-13+,16-14+,20-19+,23-22+,26-25+,30-28+. The van der Waals surface area contributed by atoms with E-state index in [1.807, 2.05) is 0 Å². The molecule has 0 amide bonds. The Bertz CT molecular complexity index is 1130. The highest BCUT2D eigenvalue weighted by Crippen LogP contribution is 2.11. The van der Waals surface area contributed by atoms with Gasteiger partial charge in [0.2, 0.25) is 0 Å². The summed E-state index contributed by atoms with van der Waals surface area (Å²) in [5.41, 5.74) is 0. The van der Waals surface area contributed by atoms with Crippen molar-refractivity contribution in [3.8, 4) is 0 Å². The summed E-state index contributed by atoms with van der Waals surface area (Å²) >= 11 is 0. The number of carbonyl (C=O) groups is 3. The molecular weight excluding hydrogens is 691 g/mol. The van der Waals surface area contributed by atoms with Crippen LogP contribution >= 0.6 is 0 Å².